The highest BCUT2D eigenvalue weighted by atomic mass is 127. The fourth-order valence-electron chi connectivity index (χ4n) is 1.32. The van der Waals surface area contributed by atoms with Gasteiger partial charge >= 0.3 is 5.97 Å². The standard InChI is InChI=1S/C11H13IO3S/c1-2-10(11(13)14)16(15)7-8-3-5-9(12)6-4-8/h3-6,10H,2,7H2,1H3,(H,13,14). The number of halogens is 1. The van der Waals surface area contributed by atoms with Crippen molar-refractivity contribution in [1.29, 1.82) is 0 Å². The summed E-state index contributed by atoms with van der Waals surface area (Å²) in [4.78, 5) is 10.8. The highest BCUT2D eigenvalue weighted by molar-refractivity contribution is 14.1. The van der Waals surface area contributed by atoms with Crippen LogP contribution in [0.3, 0.4) is 0 Å². The van der Waals surface area contributed by atoms with E-state index in [1.54, 1.807) is 6.92 Å². The zero-order valence-electron chi connectivity index (χ0n) is 8.85. The molecule has 2 unspecified atom stereocenters. The van der Waals surface area contributed by atoms with Gasteiger partial charge in [0.1, 0.15) is 5.25 Å². The number of aliphatic carboxylic acids is 1. The zero-order chi connectivity index (χ0) is 12.1. The molecule has 0 bridgehead atoms. The monoisotopic (exact) mass is 352 g/mol. The molecule has 1 aromatic rings. The molecule has 16 heavy (non-hydrogen) atoms. The lowest BCUT2D eigenvalue weighted by atomic mass is 10.2. The molecule has 0 heterocycles. The zero-order valence-corrected chi connectivity index (χ0v) is 11.8. The van der Waals surface area contributed by atoms with E-state index in [0.717, 1.165) is 9.13 Å². The Morgan fingerprint density at radius 3 is 2.44 bits per heavy atom. The first-order valence-corrected chi connectivity index (χ1v) is 7.35. The van der Waals surface area contributed by atoms with Crippen LogP contribution in [0.2, 0.25) is 0 Å². The first-order chi connectivity index (χ1) is 7.54. The van der Waals surface area contributed by atoms with E-state index in [1.165, 1.54) is 0 Å². The lowest BCUT2D eigenvalue weighted by molar-refractivity contribution is -0.136. The molecule has 0 aliphatic heterocycles. The van der Waals surface area contributed by atoms with Crippen molar-refractivity contribution in [2.45, 2.75) is 24.3 Å². The molecule has 0 spiro atoms. The molecule has 0 amide bonds. The van der Waals surface area contributed by atoms with Gasteiger partial charge in [-0.1, -0.05) is 19.1 Å². The maximum Gasteiger partial charge on any atom is 0.319 e. The van der Waals surface area contributed by atoms with Gasteiger partial charge in [0, 0.05) is 20.1 Å². The second kappa shape index (κ2) is 6.34. The van der Waals surface area contributed by atoms with Gasteiger partial charge in [-0.05, 0) is 46.7 Å². The third-order valence-corrected chi connectivity index (χ3v) is 4.69. The Morgan fingerprint density at radius 1 is 1.44 bits per heavy atom. The maximum atomic E-state index is 11.8. The van der Waals surface area contributed by atoms with Gasteiger partial charge in [-0.2, -0.15) is 0 Å². The third kappa shape index (κ3) is 3.86. The Kier molecular flexibility index (Phi) is 5.40. The third-order valence-electron chi connectivity index (χ3n) is 2.19. The Labute approximate surface area is 111 Å². The van der Waals surface area contributed by atoms with E-state index >= 15 is 0 Å². The normalized spacial score (nSPS) is 14.4. The summed E-state index contributed by atoms with van der Waals surface area (Å²) in [6.45, 7) is 1.74. The van der Waals surface area contributed by atoms with Crippen molar-refractivity contribution in [1.82, 2.24) is 0 Å². The maximum absolute atomic E-state index is 11.8. The minimum atomic E-state index is -1.35. The van der Waals surface area contributed by atoms with Crippen LogP contribution in [0, 0.1) is 3.57 Å². The minimum Gasteiger partial charge on any atom is -0.480 e. The molecule has 0 saturated carbocycles. The average molecular weight is 352 g/mol. The van der Waals surface area contributed by atoms with Crippen LogP contribution in [0.25, 0.3) is 0 Å². The van der Waals surface area contributed by atoms with Crippen molar-refractivity contribution in [3.05, 3.63) is 33.4 Å². The van der Waals surface area contributed by atoms with Crippen molar-refractivity contribution in [2.24, 2.45) is 0 Å². The SMILES string of the molecule is CCC(C(=O)O)S(=O)Cc1ccc(I)cc1. The van der Waals surface area contributed by atoms with E-state index in [1.807, 2.05) is 24.3 Å². The van der Waals surface area contributed by atoms with Gasteiger partial charge < -0.3 is 5.11 Å². The van der Waals surface area contributed by atoms with Gasteiger partial charge in [0.25, 0.3) is 0 Å². The second-order valence-electron chi connectivity index (χ2n) is 3.39. The molecule has 3 nitrogen and oxygen atoms in total. The molecule has 1 aromatic carbocycles. The molecule has 0 radical (unpaired) electrons. The van der Waals surface area contributed by atoms with Gasteiger partial charge in [0.05, 0.1) is 0 Å². The fraction of sp³-hybridized carbons (Fsp3) is 0.364. The summed E-state index contributed by atoms with van der Waals surface area (Å²) in [6, 6.07) is 7.62. The van der Waals surface area contributed by atoms with E-state index in [2.05, 4.69) is 22.6 Å². The second-order valence-corrected chi connectivity index (χ2v) is 6.25. The minimum absolute atomic E-state index is 0.307. The van der Waals surface area contributed by atoms with Crippen LogP contribution in [0.5, 0.6) is 0 Å². The van der Waals surface area contributed by atoms with Gasteiger partial charge in [0.2, 0.25) is 0 Å². The van der Waals surface area contributed by atoms with Gasteiger partial charge in [-0.3, -0.25) is 9.00 Å². The smallest absolute Gasteiger partial charge is 0.319 e. The van der Waals surface area contributed by atoms with Crippen molar-refractivity contribution >= 4 is 39.4 Å². The Bertz CT molecular complexity index is 389. The average Bonchev–Trinajstić information content (AvgIpc) is 2.22. The van der Waals surface area contributed by atoms with Crippen LogP contribution in [0.4, 0.5) is 0 Å². The molecule has 0 saturated heterocycles. The topological polar surface area (TPSA) is 54.4 Å². The molecule has 1 N–H and O–H groups in total. The molecule has 0 aliphatic carbocycles. The number of carboxylic acids is 1. The number of benzene rings is 1. The highest BCUT2D eigenvalue weighted by Crippen LogP contribution is 2.12. The van der Waals surface area contributed by atoms with Crippen LogP contribution >= 0.6 is 22.6 Å². The van der Waals surface area contributed by atoms with Crippen molar-refractivity contribution in [2.75, 3.05) is 0 Å². The fourth-order valence-corrected chi connectivity index (χ4v) is 3.00. The van der Waals surface area contributed by atoms with E-state index in [4.69, 9.17) is 5.11 Å². The first kappa shape index (κ1) is 13.6. The van der Waals surface area contributed by atoms with Gasteiger partial charge in [0.15, 0.2) is 0 Å². The molecular weight excluding hydrogens is 339 g/mol. The Balaban J connectivity index is 2.70. The van der Waals surface area contributed by atoms with Crippen LogP contribution in [-0.2, 0) is 21.3 Å². The lowest BCUT2D eigenvalue weighted by Gasteiger charge is -2.09. The molecule has 88 valence electrons. The predicted octanol–water partition coefficient (Wildman–Crippen LogP) is 2.40. The number of rotatable bonds is 5. The van der Waals surface area contributed by atoms with Crippen molar-refractivity contribution in [3.8, 4) is 0 Å². The number of hydrogen-bond donors (Lipinski definition) is 1. The number of carbonyl (C=O) groups is 1. The van der Waals surface area contributed by atoms with E-state index < -0.39 is 22.0 Å². The molecule has 0 fully saturated rings. The van der Waals surface area contributed by atoms with Crippen molar-refractivity contribution < 1.29 is 14.1 Å². The summed E-state index contributed by atoms with van der Waals surface area (Å²) in [6.07, 6.45) is 0.395. The van der Waals surface area contributed by atoms with E-state index in [9.17, 15) is 9.00 Å². The van der Waals surface area contributed by atoms with E-state index in [0.29, 0.717) is 12.2 Å². The number of carboxylic acid groups (broad SMARTS) is 1. The highest BCUT2D eigenvalue weighted by Gasteiger charge is 2.22. The van der Waals surface area contributed by atoms with Crippen LogP contribution in [0.15, 0.2) is 24.3 Å². The molecule has 0 aromatic heterocycles. The quantitative estimate of drug-likeness (QED) is 0.828. The molecular formula is C11H13IO3S. The van der Waals surface area contributed by atoms with Crippen LogP contribution < -0.4 is 0 Å². The van der Waals surface area contributed by atoms with Crippen LogP contribution in [0.1, 0.15) is 18.9 Å². The molecule has 0 aliphatic rings. The summed E-state index contributed by atoms with van der Waals surface area (Å²) >= 11 is 2.19. The summed E-state index contributed by atoms with van der Waals surface area (Å²) in [5.74, 6) is -0.673. The number of hydrogen-bond acceptors (Lipinski definition) is 2. The van der Waals surface area contributed by atoms with Crippen molar-refractivity contribution in [3.63, 3.8) is 0 Å². The van der Waals surface area contributed by atoms with E-state index in [-0.39, 0.29) is 0 Å². The summed E-state index contributed by atoms with van der Waals surface area (Å²) < 4.78 is 12.9. The van der Waals surface area contributed by atoms with Gasteiger partial charge in [-0.25, -0.2) is 0 Å². The Morgan fingerprint density at radius 2 is 2.00 bits per heavy atom. The van der Waals surface area contributed by atoms with Gasteiger partial charge in [-0.15, -0.1) is 0 Å². The largest absolute Gasteiger partial charge is 0.480 e. The Hall–Kier alpha value is -0.430. The predicted molar refractivity (Wildman–Crippen MR) is 72.7 cm³/mol. The first-order valence-electron chi connectivity index (χ1n) is 4.89. The molecule has 2 atom stereocenters. The summed E-state index contributed by atoms with van der Waals surface area (Å²) in [5, 5.41) is 8.11. The summed E-state index contributed by atoms with van der Waals surface area (Å²) in [5.41, 5.74) is 0.915. The van der Waals surface area contributed by atoms with Crippen LogP contribution in [-0.4, -0.2) is 20.5 Å². The lowest BCUT2D eigenvalue weighted by Crippen LogP contribution is -2.25. The molecule has 5 heteroatoms. The summed E-state index contributed by atoms with van der Waals surface area (Å²) in [7, 11) is -1.35. The molecule has 1 rings (SSSR count).